The number of carbonyl (C=O) groups is 4. The van der Waals surface area contributed by atoms with Crippen LogP contribution >= 0.6 is 0 Å². The molecule has 0 unspecified atom stereocenters. The van der Waals surface area contributed by atoms with Crippen LogP contribution in [0.3, 0.4) is 0 Å². The summed E-state index contributed by atoms with van der Waals surface area (Å²) in [6, 6.07) is 23.5. The fourth-order valence-corrected chi connectivity index (χ4v) is 7.44. The Kier molecular flexibility index (Phi) is 10.9. The number of carbonyl (C=O) groups excluding carboxylic acids is 4. The van der Waals surface area contributed by atoms with Crippen molar-refractivity contribution < 1.29 is 28.7 Å². The van der Waals surface area contributed by atoms with Crippen molar-refractivity contribution in [3.05, 3.63) is 108 Å². The van der Waals surface area contributed by atoms with Crippen LogP contribution in [0, 0.1) is 0 Å². The van der Waals surface area contributed by atoms with Crippen molar-refractivity contribution in [1.82, 2.24) is 40.4 Å². The minimum Gasteiger partial charge on any atom is -0.453 e. The number of amides is 4. The lowest BCUT2D eigenvalue weighted by molar-refractivity contribution is -0.135. The lowest BCUT2D eigenvalue weighted by Gasteiger charge is -2.28. The Morgan fingerprint density at radius 2 is 1.11 bits per heavy atom. The van der Waals surface area contributed by atoms with Crippen molar-refractivity contribution in [2.75, 3.05) is 27.3 Å². The number of imidazole rings is 2. The van der Waals surface area contributed by atoms with Crippen LogP contribution < -0.4 is 10.6 Å². The van der Waals surface area contributed by atoms with E-state index in [2.05, 4.69) is 59.6 Å². The second-order valence-electron chi connectivity index (χ2n) is 13.7. The highest BCUT2D eigenvalue weighted by Crippen LogP contribution is 2.35. The van der Waals surface area contributed by atoms with Gasteiger partial charge in [0.25, 0.3) is 5.91 Å². The molecule has 14 heteroatoms. The highest BCUT2D eigenvalue weighted by atomic mass is 16.5. The van der Waals surface area contributed by atoms with Crippen LogP contribution in [-0.2, 0) is 19.1 Å². The number of nitrogens with one attached hydrogen (secondary N) is 4. The molecule has 2 aliphatic heterocycles. The molecule has 7 rings (SSSR count). The van der Waals surface area contributed by atoms with Crippen LogP contribution in [0.5, 0.6) is 0 Å². The van der Waals surface area contributed by atoms with E-state index in [1.807, 2.05) is 54.6 Å². The molecule has 4 amide bonds. The fourth-order valence-electron chi connectivity index (χ4n) is 7.44. The molecule has 55 heavy (non-hydrogen) atoms. The van der Waals surface area contributed by atoms with Gasteiger partial charge in [-0.15, -0.1) is 0 Å². The number of hydrogen-bond donors (Lipinski definition) is 4. The van der Waals surface area contributed by atoms with E-state index in [1.54, 1.807) is 29.1 Å². The van der Waals surface area contributed by atoms with Gasteiger partial charge in [0.2, 0.25) is 5.91 Å². The number of methoxy groups -OCH3 is 2. The first-order valence-corrected chi connectivity index (χ1v) is 18.4. The van der Waals surface area contributed by atoms with Gasteiger partial charge in [0, 0.05) is 13.1 Å². The Balaban J connectivity index is 1.00. The molecule has 2 fully saturated rings. The largest absolute Gasteiger partial charge is 0.453 e. The first-order chi connectivity index (χ1) is 26.7. The summed E-state index contributed by atoms with van der Waals surface area (Å²) in [5.41, 5.74) is 6.40. The summed E-state index contributed by atoms with van der Waals surface area (Å²) < 4.78 is 9.46. The van der Waals surface area contributed by atoms with E-state index in [0.717, 1.165) is 59.3 Å². The summed E-state index contributed by atoms with van der Waals surface area (Å²) in [7, 11) is 2.55. The molecule has 284 valence electrons. The third-order valence-electron chi connectivity index (χ3n) is 10.3. The number of hydrogen-bond acceptors (Lipinski definition) is 8. The van der Waals surface area contributed by atoms with Gasteiger partial charge in [-0.3, -0.25) is 9.59 Å². The zero-order chi connectivity index (χ0) is 38.5. The number of aromatic amines is 2. The minimum absolute atomic E-state index is 0.176. The number of alkyl carbamates (subject to hydrolysis) is 2. The third kappa shape index (κ3) is 7.93. The molecule has 0 saturated carbocycles. The second kappa shape index (κ2) is 16.3. The van der Waals surface area contributed by atoms with Crippen LogP contribution in [0.2, 0.25) is 0 Å². The van der Waals surface area contributed by atoms with Gasteiger partial charge in [0.05, 0.1) is 50.1 Å². The van der Waals surface area contributed by atoms with Crippen molar-refractivity contribution in [2.45, 2.75) is 56.8 Å². The molecule has 0 bridgehead atoms. The number of nitrogens with zero attached hydrogens (tertiary/aromatic N) is 4. The number of aromatic nitrogens is 4. The molecule has 2 aliphatic rings. The van der Waals surface area contributed by atoms with E-state index in [1.165, 1.54) is 14.2 Å². The predicted octanol–water partition coefficient (Wildman–Crippen LogP) is 6.30. The van der Waals surface area contributed by atoms with Crippen LogP contribution in [-0.4, -0.2) is 87.1 Å². The second-order valence-corrected chi connectivity index (χ2v) is 13.7. The number of likely N-dealkylation sites (tertiary alicyclic amines) is 2. The maximum absolute atomic E-state index is 13.9. The molecule has 5 aromatic rings. The number of benzene rings is 3. The van der Waals surface area contributed by atoms with Crippen molar-refractivity contribution in [1.29, 1.82) is 0 Å². The smallest absolute Gasteiger partial charge is 0.407 e. The predicted molar refractivity (Wildman–Crippen MR) is 204 cm³/mol. The van der Waals surface area contributed by atoms with Gasteiger partial charge in [-0.1, -0.05) is 78.9 Å². The maximum atomic E-state index is 13.9. The zero-order valence-electron chi connectivity index (χ0n) is 31.0. The third-order valence-corrected chi connectivity index (χ3v) is 10.3. The quantitative estimate of drug-likeness (QED) is 0.129. The average Bonchev–Trinajstić information content (AvgIpc) is 4.07. The van der Waals surface area contributed by atoms with Gasteiger partial charge < -0.3 is 39.9 Å². The monoisotopic (exact) mass is 744 g/mol. The topological polar surface area (TPSA) is 175 Å². The van der Waals surface area contributed by atoms with Crippen molar-refractivity contribution in [3.63, 3.8) is 0 Å². The minimum atomic E-state index is -0.879. The summed E-state index contributed by atoms with van der Waals surface area (Å²) in [5.74, 6) is 1.02. The van der Waals surface area contributed by atoms with Gasteiger partial charge in [0.15, 0.2) is 0 Å². The summed E-state index contributed by atoms with van der Waals surface area (Å²) in [5, 5.41) is 5.26. The normalized spacial score (nSPS) is 17.7. The summed E-state index contributed by atoms with van der Waals surface area (Å²) in [6.45, 7) is 2.80. The van der Waals surface area contributed by atoms with E-state index >= 15 is 0 Å². The number of H-pyrrole nitrogens is 2. The van der Waals surface area contributed by atoms with Gasteiger partial charge in [0.1, 0.15) is 23.7 Å². The fraction of sp³-hybridized carbons (Fsp3) is 0.317. The number of rotatable bonds is 10. The van der Waals surface area contributed by atoms with Gasteiger partial charge in [-0.25, -0.2) is 19.6 Å². The van der Waals surface area contributed by atoms with Gasteiger partial charge >= 0.3 is 12.2 Å². The van der Waals surface area contributed by atoms with Crippen LogP contribution in [0.1, 0.15) is 67.9 Å². The number of ether oxygens (including phenoxy) is 2. The van der Waals surface area contributed by atoms with Crippen molar-refractivity contribution >= 4 is 24.0 Å². The molecule has 2 saturated heterocycles. The standard InChI is InChI=1S/C41H44N8O6/c1-25(44-40(52)54-2)38(50)48-21-7-11-33(48)36-42-23-31(45-36)28-17-13-26(14-18-28)27-15-19-29(20-16-27)32-24-43-37(46-32)34-12-8-22-49(34)39(51)35(47-41(53)55-3)30-9-5-4-6-10-30/h4-6,9-10,13-20,23-25,33-35H,7-8,11-12,21-22H2,1-3H3,(H,42,45)(H,43,46)(H,44,52)(H,47,53)/t25-,33-,34-,35+/m0/s1. The highest BCUT2D eigenvalue weighted by Gasteiger charge is 2.37. The summed E-state index contributed by atoms with van der Waals surface area (Å²) >= 11 is 0. The molecule has 4 heterocycles. The Morgan fingerprint density at radius 1 is 0.655 bits per heavy atom. The molecule has 0 spiro atoms. The molecule has 3 aromatic carbocycles. The molecule has 4 atom stereocenters. The van der Waals surface area contributed by atoms with Crippen molar-refractivity contribution in [3.8, 4) is 33.6 Å². The zero-order valence-corrected chi connectivity index (χ0v) is 31.0. The van der Waals surface area contributed by atoms with E-state index in [9.17, 15) is 19.2 Å². The Hall–Kier alpha value is -6.44. The van der Waals surface area contributed by atoms with Gasteiger partial charge in [-0.2, -0.15) is 0 Å². The van der Waals surface area contributed by atoms with E-state index in [0.29, 0.717) is 30.3 Å². The van der Waals surface area contributed by atoms with E-state index in [-0.39, 0.29) is 23.9 Å². The molecule has 0 aliphatic carbocycles. The van der Waals surface area contributed by atoms with Crippen molar-refractivity contribution in [2.24, 2.45) is 0 Å². The first kappa shape index (κ1) is 36.9. The van der Waals surface area contributed by atoms with E-state index < -0.39 is 24.3 Å². The van der Waals surface area contributed by atoms with Gasteiger partial charge in [-0.05, 0) is 60.4 Å². The Labute approximate surface area is 318 Å². The summed E-state index contributed by atoms with van der Waals surface area (Å²) in [4.78, 5) is 70.5. The molecular formula is C41H44N8O6. The van der Waals surface area contributed by atoms with E-state index in [4.69, 9.17) is 4.74 Å². The maximum Gasteiger partial charge on any atom is 0.407 e. The Morgan fingerprint density at radius 3 is 1.60 bits per heavy atom. The van der Waals surface area contributed by atoms with Crippen LogP contribution in [0.25, 0.3) is 33.6 Å². The Bertz CT molecular complexity index is 2130. The SMILES string of the molecule is COC(=O)N[C@@H](C)C(=O)N1CCC[C@H]1c1ncc(-c2ccc(-c3ccc(-c4cnc([C@@H]5CCCN5C(=O)[C@H](NC(=O)OC)c5ccccc5)[nH]4)cc3)cc2)[nH]1. The molecule has 14 nitrogen and oxygen atoms in total. The molecule has 2 aromatic heterocycles. The molecule has 0 radical (unpaired) electrons. The van der Waals surface area contributed by atoms with Crippen LogP contribution in [0.4, 0.5) is 9.59 Å². The average molecular weight is 745 g/mol. The lowest BCUT2D eigenvalue weighted by Crippen LogP contribution is -2.46. The summed E-state index contributed by atoms with van der Waals surface area (Å²) in [6.07, 6.45) is 5.46. The highest BCUT2D eigenvalue weighted by molar-refractivity contribution is 5.88. The lowest BCUT2D eigenvalue weighted by atomic mass is 10.0. The van der Waals surface area contributed by atoms with Crippen LogP contribution in [0.15, 0.2) is 91.3 Å². The first-order valence-electron chi connectivity index (χ1n) is 18.4. The molecular weight excluding hydrogens is 701 g/mol. The molecule has 4 N–H and O–H groups in total.